The zero-order valence-corrected chi connectivity index (χ0v) is 19.0. The summed E-state index contributed by atoms with van der Waals surface area (Å²) in [5.41, 5.74) is 7.78. The summed E-state index contributed by atoms with van der Waals surface area (Å²) in [6.45, 7) is 2.16. The van der Waals surface area contributed by atoms with Crippen molar-refractivity contribution in [2.45, 2.75) is 13.3 Å². The lowest BCUT2D eigenvalue weighted by Gasteiger charge is -2.08. The fourth-order valence-electron chi connectivity index (χ4n) is 3.80. The molecule has 0 aliphatic rings. The highest BCUT2D eigenvalue weighted by molar-refractivity contribution is 6.28. The molecule has 4 heteroatoms. The average Bonchev–Trinajstić information content (AvgIpc) is 2.89. The van der Waals surface area contributed by atoms with Crippen molar-refractivity contribution in [3.8, 4) is 45.0 Å². The first kappa shape index (κ1) is 21.0. The SMILES string of the molecule is CCc1ccc(-c2ccc(-c3nc(Cl)nc(-c4ccc(-c5ccccc5)cc4)n3)cc2)cc1. The predicted molar refractivity (Wildman–Crippen MR) is 136 cm³/mol. The number of rotatable bonds is 5. The third kappa shape index (κ3) is 4.69. The summed E-state index contributed by atoms with van der Waals surface area (Å²) in [4.78, 5) is 13.4. The molecule has 0 radical (unpaired) electrons. The molecule has 0 aliphatic carbocycles. The Morgan fingerprint density at radius 1 is 0.485 bits per heavy atom. The molecule has 0 bridgehead atoms. The van der Waals surface area contributed by atoms with Gasteiger partial charge in [0.05, 0.1) is 0 Å². The molecule has 1 heterocycles. The monoisotopic (exact) mass is 447 g/mol. The van der Waals surface area contributed by atoms with Crippen LogP contribution in [0.5, 0.6) is 0 Å². The Morgan fingerprint density at radius 2 is 0.879 bits per heavy atom. The van der Waals surface area contributed by atoms with E-state index in [1.807, 2.05) is 42.5 Å². The predicted octanol–water partition coefficient (Wildman–Crippen LogP) is 7.76. The molecule has 0 aliphatic heterocycles. The molecule has 0 saturated heterocycles. The van der Waals surface area contributed by atoms with Gasteiger partial charge in [-0.1, -0.05) is 110 Å². The number of hydrogen-bond donors (Lipinski definition) is 0. The molecule has 0 amide bonds. The molecule has 0 N–H and O–H groups in total. The van der Waals surface area contributed by atoms with Crippen molar-refractivity contribution in [3.63, 3.8) is 0 Å². The Balaban J connectivity index is 1.42. The molecule has 5 rings (SSSR count). The summed E-state index contributed by atoms with van der Waals surface area (Å²) in [5, 5.41) is 0.182. The molecule has 0 atom stereocenters. The lowest BCUT2D eigenvalue weighted by atomic mass is 10.0. The largest absolute Gasteiger partial charge is 0.226 e. The van der Waals surface area contributed by atoms with Gasteiger partial charge in [-0.2, -0.15) is 9.97 Å². The Morgan fingerprint density at radius 3 is 1.33 bits per heavy atom. The van der Waals surface area contributed by atoms with Gasteiger partial charge < -0.3 is 0 Å². The number of hydrogen-bond acceptors (Lipinski definition) is 3. The van der Waals surface area contributed by atoms with Gasteiger partial charge in [-0.05, 0) is 45.8 Å². The van der Waals surface area contributed by atoms with E-state index in [1.165, 1.54) is 16.7 Å². The topological polar surface area (TPSA) is 38.7 Å². The van der Waals surface area contributed by atoms with E-state index in [9.17, 15) is 0 Å². The van der Waals surface area contributed by atoms with Crippen molar-refractivity contribution in [1.82, 2.24) is 15.0 Å². The van der Waals surface area contributed by atoms with E-state index >= 15 is 0 Å². The van der Waals surface area contributed by atoms with Crippen LogP contribution in [0.25, 0.3) is 45.0 Å². The first-order chi connectivity index (χ1) is 16.2. The van der Waals surface area contributed by atoms with Gasteiger partial charge in [0.25, 0.3) is 0 Å². The van der Waals surface area contributed by atoms with Crippen LogP contribution in [0.15, 0.2) is 103 Å². The maximum Gasteiger partial charge on any atom is 0.226 e. The second-order valence-electron chi connectivity index (χ2n) is 7.82. The van der Waals surface area contributed by atoms with Gasteiger partial charge in [-0.25, -0.2) is 4.98 Å². The van der Waals surface area contributed by atoms with E-state index in [0.29, 0.717) is 11.6 Å². The van der Waals surface area contributed by atoms with Crippen LogP contribution >= 0.6 is 11.6 Å². The van der Waals surface area contributed by atoms with E-state index in [-0.39, 0.29) is 5.28 Å². The third-order valence-electron chi connectivity index (χ3n) is 5.70. The molecule has 0 fully saturated rings. The zero-order valence-electron chi connectivity index (χ0n) is 18.2. The molecule has 33 heavy (non-hydrogen) atoms. The molecule has 160 valence electrons. The van der Waals surface area contributed by atoms with E-state index in [4.69, 9.17) is 16.6 Å². The van der Waals surface area contributed by atoms with Crippen LogP contribution in [-0.4, -0.2) is 15.0 Å². The molecule has 0 saturated carbocycles. The lowest BCUT2D eigenvalue weighted by Crippen LogP contribution is -1.97. The Labute approximate surface area is 198 Å². The van der Waals surface area contributed by atoms with E-state index < -0.39 is 0 Å². The van der Waals surface area contributed by atoms with Gasteiger partial charge in [0, 0.05) is 11.1 Å². The van der Waals surface area contributed by atoms with Crippen LogP contribution in [0.2, 0.25) is 5.28 Å². The number of halogens is 1. The maximum atomic E-state index is 6.27. The molecule has 0 unspecified atom stereocenters. The van der Waals surface area contributed by atoms with E-state index in [1.54, 1.807) is 0 Å². The minimum atomic E-state index is 0.182. The van der Waals surface area contributed by atoms with Crippen LogP contribution in [0.3, 0.4) is 0 Å². The lowest BCUT2D eigenvalue weighted by molar-refractivity contribution is 1.07. The smallest absolute Gasteiger partial charge is 0.208 e. The van der Waals surface area contributed by atoms with Crippen molar-refractivity contribution in [2.75, 3.05) is 0 Å². The molecule has 1 aromatic heterocycles. The molecule has 4 aromatic carbocycles. The Hall–Kier alpha value is -3.82. The first-order valence-electron chi connectivity index (χ1n) is 11.0. The van der Waals surface area contributed by atoms with Crippen molar-refractivity contribution in [1.29, 1.82) is 0 Å². The Bertz CT molecular complexity index is 1360. The van der Waals surface area contributed by atoms with E-state index in [2.05, 4.69) is 77.6 Å². The van der Waals surface area contributed by atoms with Crippen molar-refractivity contribution in [3.05, 3.63) is 114 Å². The number of aryl methyl sites for hydroxylation is 1. The van der Waals surface area contributed by atoms with Crippen molar-refractivity contribution >= 4 is 11.6 Å². The summed E-state index contributed by atoms with van der Waals surface area (Å²) in [6, 6.07) is 35.3. The summed E-state index contributed by atoms with van der Waals surface area (Å²) >= 11 is 6.27. The minimum Gasteiger partial charge on any atom is -0.208 e. The highest BCUT2D eigenvalue weighted by Gasteiger charge is 2.10. The quantitative estimate of drug-likeness (QED) is 0.276. The highest BCUT2D eigenvalue weighted by atomic mass is 35.5. The Kier molecular flexibility index (Phi) is 5.97. The fourth-order valence-corrected chi connectivity index (χ4v) is 3.96. The number of benzene rings is 4. The van der Waals surface area contributed by atoms with Gasteiger partial charge in [0.1, 0.15) is 0 Å². The van der Waals surface area contributed by atoms with Crippen LogP contribution < -0.4 is 0 Å². The summed E-state index contributed by atoms with van der Waals surface area (Å²) in [5.74, 6) is 1.12. The number of aromatic nitrogens is 3. The van der Waals surface area contributed by atoms with E-state index in [0.717, 1.165) is 28.7 Å². The third-order valence-corrected chi connectivity index (χ3v) is 5.87. The minimum absolute atomic E-state index is 0.182. The molecule has 3 nitrogen and oxygen atoms in total. The summed E-state index contributed by atoms with van der Waals surface area (Å²) in [7, 11) is 0. The molecule has 5 aromatic rings. The summed E-state index contributed by atoms with van der Waals surface area (Å²) < 4.78 is 0. The molecule has 0 spiro atoms. The second kappa shape index (κ2) is 9.35. The summed E-state index contributed by atoms with van der Waals surface area (Å²) in [6.07, 6.45) is 1.04. The first-order valence-corrected chi connectivity index (χ1v) is 11.3. The average molecular weight is 448 g/mol. The number of nitrogens with zero attached hydrogens (tertiary/aromatic N) is 3. The van der Waals surface area contributed by atoms with Gasteiger partial charge in [-0.15, -0.1) is 0 Å². The van der Waals surface area contributed by atoms with Crippen molar-refractivity contribution < 1.29 is 0 Å². The van der Waals surface area contributed by atoms with Crippen LogP contribution in [0.4, 0.5) is 0 Å². The fraction of sp³-hybridized carbons (Fsp3) is 0.0690. The van der Waals surface area contributed by atoms with Gasteiger partial charge >= 0.3 is 0 Å². The van der Waals surface area contributed by atoms with Gasteiger partial charge in [-0.3, -0.25) is 0 Å². The second-order valence-corrected chi connectivity index (χ2v) is 8.16. The van der Waals surface area contributed by atoms with Gasteiger partial charge in [0.15, 0.2) is 11.6 Å². The maximum absolute atomic E-state index is 6.27. The standard InChI is InChI=1S/C29H22ClN3/c1-2-20-8-10-22(11-9-20)24-14-18-26(19-15-24)28-31-27(32-29(30)33-28)25-16-12-23(13-17-25)21-6-4-3-5-7-21/h3-19H,2H2,1H3. The van der Waals surface area contributed by atoms with Crippen LogP contribution in [-0.2, 0) is 6.42 Å². The van der Waals surface area contributed by atoms with Crippen LogP contribution in [0.1, 0.15) is 12.5 Å². The highest BCUT2D eigenvalue weighted by Crippen LogP contribution is 2.27. The van der Waals surface area contributed by atoms with Crippen molar-refractivity contribution in [2.24, 2.45) is 0 Å². The normalized spacial score (nSPS) is 10.8. The van der Waals surface area contributed by atoms with Crippen LogP contribution in [0, 0.1) is 0 Å². The van der Waals surface area contributed by atoms with Gasteiger partial charge in [0.2, 0.25) is 5.28 Å². The zero-order chi connectivity index (χ0) is 22.6. The molecular weight excluding hydrogens is 426 g/mol. The molecular formula is C29H22ClN3.